The second kappa shape index (κ2) is 11.2. The highest BCUT2D eigenvalue weighted by molar-refractivity contribution is 7.10. The van der Waals surface area contributed by atoms with Crippen LogP contribution in [0.4, 0.5) is 0 Å². The predicted octanol–water partition coefficient (Wildman–Crippen LogP) is 1.49. The number of guanidine groups is 1. The van der Waals surface area contributed by atoms with Crippen molar-refractivity contribution in [1.82, 2.24) is 15.5 Å². The number of esters is 1. The number of thiophene rings is 1. The predicted molar refractivity (Wildman–Crippen MR) is 105 cm³/mol. The topological polar surface area (TPSA) is 75.2 Å². The van der Waals surface area contributed by atoms with Crippen molar-refractivity contribution in [2.45, 2.75) is 19.9 Å². The summed E-state index contributed by atoms with van der Waals surface area (Å²) in [4.78, 5) is 19.9. The number of rotatable bonds is 8. The first-order chi connectivity index (χ1) is 12.7. The van der Waals surface area contributed by atoms with E-state index in [-0.39, 0.29) is 17.9 Å². The summed E-state index contributed by atoms with van der Waals surface area (Å²) in [7, 11) is 1.40. The van der Waals surface area contributed by atoms with Gasteiger partial charge < -0.3 is 20.1 Å². The first-order valence-corrected chi connectivity index (χ1v) is 9.98. The molecule has 0 aromatic carbocycles. The molecular weight excluding hydrogens is 352 g/mol. The minimum Gasteiger partial charge on any atom is -0.469 e. The number of methoxy groups -OCH3 is 1. The van der Waals surface area contributed by atoms with Crippen molar-refractivity contribution in [1.29, 1.82) is 0 Å². The zero-order chi connectivity index (χ0) is 18.8. The number of ether oxygens (including phenoxy) is 2. The molecule has 2 atom stereocenters. The van der Waals surface area contributed by atoms with Crippen LogP contribution in [0.2, 0.25) is 0 Å². The van der Waals surface area contributed by atoms with Gasteiger partial charge in [0.15, 0.2) is 5.96 Å². The third kappa shape index (κ3) is 6.26. The van der Waals surface area contributed by atoms with E-state index in [1.807, 2.05) is 13.8 Å². The molecule has 7 nitrogen and oxygen atoms in total. The number of aliphatic imine (C=N–C) groups is 1. The van der Waals surface area contributed by atoms with Crippen LogP contribution in [0.25, 0.3) is 0 Å². The van der Waals surface area contributed by atoms with Crippen LogP contribution in [0, 0.1) is 5.92 Å². The molecule has 0 radical (unpaired) electrons. The zero-order valence-electron chi connectivity index (χ0n) is 15.9. The summed E-state index contributed by atoms with van der Waals surface area (Å²) in [5.74, 6) is 0.218. The molecule has 146 valence electrons. The molecule has 8 heteroatoms. The van der Waals surface area contributed by atoms with Crippen molar-refractivity contribution < 1.29 is 14.3 Å². The Hall–Kier alpha value is -1.64. The number of nitrogens with zero attached hydrogens (tertiary/aromatic N) is 2. The molecule has 1 aliphatic heterocycles. The highest BCUT2D eigenvalue weighted by Crippen LogP contribution is 2.25. The van der Waals surface area contributed by atoms with Gasteiger partial charge >= 0.3 is 5.97 Å². The molecule has 2 rings (SSSR count). The van der Waals surface area contributed by atoms with Crippen molar-refractivity contribution in [3.8, 4) is 0 Å². The Kier molecular flexibility index (Phi) is 8.87. The molecule has 1 aromatic heterocycles. The highest BCUT2D eigenvalue weighted by atomic mass is 32.1. The lowest BCUT2D eigenvalue weighted by atomic mass is 10.2. The van der Waals surface area contributed by atoms with Crippen LogP contribution >= 0.6 is 11.3 Å². The van der Waals surface area contributed by atoms with Gasteiger partial charge in [0, 0.05) is 31.1 Å². The van der Waals surface area contributed by atoms with Gasteiger partial charge in [-0.1, -0.05) is 13.0 Å². The quantitative estimate of drug-likeness (QED) is 0.403. The molecule has 0 bridgehead atoms. The van der Waals surface area contributed by atoms with E-state index < -0.39 is 0 Å². The first kappa shape index (κ1) is 20.7. The van der Waals surface area contributed by atoms with E-state index >= 15 is 0 Å². The molecule has 1 aliphatic rings. The SMILES string of the molecule is CCNC(=NCC(C)C(=O)OC)NCC(c1cccs1)N1CCOCC1. The molecular formula is C18H30N4O3S. The maximum atomic E-state index is 11.6. The Morgan fingerprint density at radius 3 is 2.81 bits per heavy atom. The minimum atomic E-state index is -0.261. The zero-order valence-corrected chi connectivity index (χ0v) is 16.7. The second-order valence-corrected chi connectivity index (χ2v) is 7.18. The molecule has 2 unspecified atom stereocenters. The molecule has 1 saturated heterocycles. The number of hydrogen-bond donors (Lipinski definition) is 2. The maximum Gasteiger partial charge on any atom is 0.310 e. The smallest absolute Gasteiger partial charge is 0.310 e. The van der Waals surface area contributed by atoms with E-state index in [9.17, 15) is 4.79 Å². The summed E-state index contributed by atoms with van der Waals surface area (Å²) in [5.41, 5.74) is 0. The Balaban J connectivity index is 1.99. The summed E-state index contributed by atoms with van der Waals surface area (Å²) in [6.07, 6.45) is 0. The number of nitrogens with one attached hydrogen (secondary N) is 2. The Morgan fingerprint density at radius 1 is 1.42 bits per heavy atom. The second-order valence-electron chi connectivity index (χ2n) is 6.20. The lowest BCUT2D eigenvalue weighted by Gasteiger charge is -2.34. The van der Waals surface area contributed by atoms with E-state index in [1.54, 1.807) is 11.3 Å². The van der Waals surface area contributed by atoms with Gasteiger partial charge in [-0.3, -0.25) is 14.7 Å². The van der Waals surface area contributed by atoms with Crippen LogP contribution in [0.3, 0.4) is 0 Å². The van der Waals surface area contributed by atoms with Gasteiger partial charge in [-0.2, -0.15) is 0 Å². The molecule has 1 fully saturated rings. The summed E-state index contributed by atoms with van der Waals surface area (Å²) >= 11 is 1.77. The van der Waals surface area contributed by atoms with E-state index in [2.05, 4.69) is 38.0 Å². The number of hydrogen-bond acceptors (Lipinski definition) is 6. The van der Waals surface area contributed by atoms with Gasteiger partial charge in [0.05, 0.1) is 38.8 Å². The number of morpholine rings is 1. The molecule has 0 aliphatic carbocycles. The molecule has 1 aromatic rings. The van der Waals surface area contributed by atoms with Crippen LogP contribution < -0.4 is 10.6 Å². The molecule has 0 saturated carbocycles. The Labute approximate surface area is 159 Å². The Bertz CT molecular complexity index is 559. The van der Waals surface area contributed by atoms with Crippen LogP contribution in [0.5, 0.6) is 0 Å². The van der Waals surface area contributed by atoms with E-state index in [1.165, 1.54) is 12.0 Å². The average Bonchev–Trinajstić information content (AvgIpc) is 3.20. The lowest BCUT2D eigenvalue weighted by Crippen LogP contribution is -2.46. The van der Waals surface area contributed by atoms with E-state index in [4.69, 9.17) is 9.47 Å². The normalized spacial score (nSPS) is 18.2. The van der Waals surface area contributed by atoms with Crippen molar-refractivity contribution in [3.05, 3.63) is 22.4 Å². The fourth-order valence-corrected chi connectivity index (χ4v) is 3.68. The molecule has 2 N–H and O–H groups in total. The third-order valence-electron chi connectivity index (χ3n) is 4.29. The summed E-state index contributed by atoms with van der Waals surface area (Å²) < 4.78 is 10.3. The van der Waals surface area contributed by atoms with Gasteiger partial charge in [-0.05, 0) is 18.4 Å². The fourth-order valence-electron chi connectivity index (χ4n) is 2.82. The van der Waals surface area contributed by atoms with E-state index in [0.717, 1.165) is 45.4 Å². The van der Waals surface area contributed by atoms with Crippen molar-refractivity contribution in [2.24, 2.45) is 10.9 Å². The third-order valence-corrected chi connectivity index (χ3v) is 5.27. The van der Waals surface area contributed by atoms with Gasteiger partial charge in [0.25, 0.3) is 0 Å². The molecule has 0 spiro atoms. The highest BCUT2D eigenvalue weighted by Gasteiger charge is 2.23. The molecule has 2 heterocycles. The molecule has 0 amide bonds. The van der Waals surface area contributed by atoms with Crippen molar-refractivity contribution in [3.63, 3.8) is 0 Å². The largest absolute Gasteiger partial charge is 0.469 e. The monoisotopic (exact) mass is 382 g/mol. The standard InChI is InChI=1S/C18H30N4O3S/c1-4-19-18(20-12-14(2)17(23)24-3)21-13-15(16-6-5-11-26-16)22-7-9-25-10-8-22/h5-6,11,14-15H,4,7-10,12-13H2,1-3H3,(H2,19,20,21). The van der Waals surface area contributed by atoms with Crippen LogP contribution in [0.1, 0.15) is 24.8 Å². The maximum absolute atomic E-state index is 11.6. The van der Waals surface area contributed by atoms with Crippen LogP contribution in [-0.2, 0) is 14.3 Å². The van der Waals surface area contributed by atoms with E-state index in [0.29, 0.717) is 6.54 Å². The van der Waals surface area contributed by atoms with Gasteiger partial charge in [0.1, 0.15) is 0 Å². The van der Waals surface area contributed by atoms with Gasteiger partial charge in [-0.15, -0.1) is 11.3 Å². The molecule has 26 heavy (non-hydrogen) atoms. The summed E-state index contributed by atoms with van der Waals surface area (Å²) in [6.45, 7) is 9.15. The summed E-state index contributed by atoms with van der Waals surface area (Å²) in [6, 6.07) is 4.54. The summed E-state index contributed by atoms with van der Waals surface area (Å²) in [5, 5.41) is 8.79. The average molecular weight is 383 g/mol. The number of carbonyl (C=O) groups is 1. The van der Waals surface area contributed by atoms with Gasteiger partial charge in [-0.25, -0.2) is 0 Å². The lowest BCUT2D eigenvalue weighted by molar-refractivity contribution is -0.144. The first-order valence-electron chi connectivity index (χ1n) is 9.10. The fraction of sp³-hybridized carbons (Fsp3) is 0.667. The van der Waals surface area contributed by atoms with Crippen molar-refractivity contribution >= 4 is 23.3 Å². The number of carbonyl (C=O) groups excluding carboxylic acids is 1. The van der Waals surface area contributed by atoms with Crippen LogP contribution in [-0.4, -0.2) is 69.9 Å². The van der Waals surface area contributed by atoms with Crippen molar-refractivity contribution in [2.75, 3.05) is 53.0 Å². The van der Waals surface area contributed by atoms with Crippen LogP contribution in [0.15, 0.2) is 22.5 Å². The van der Waals surface area contributed by atoms with Gasteiger partial charge in [0.2, 0.25) is 0 Å². The minimum absolute atomic E-state index is 0.241. The Morgan fingerprint density at radius 2 is 2.19 bits per heavy atom.